The summed E-state index contributed by atoms with van der Waals surface area (Å²) in [6, 6.07) is 1.70. The van der Waals surface area contributed by atoms with Gasteiger partial charge >= 0.3 is 0 Å². The van der Waals surface area contributed by atoms with Gasteiger partial charge in [0.2, 0.25) is 0 Å². The number of rotatable bonds is 3. The first kappa shape index (κ1) is 9.35. The normalized spacial score (nSPS) is 9.83. The molecule has 3 nitrogen and oxygen atoms in total. The summed E-state index contributed by atoms with van der Waals surface area (Å²) in [5.41, 5.74) is 0.666. The van der Waals surface area contributed by atoms with Gasteiger partial charge in [-0.25, -0.2) is 0 Å². The van der Waals surface area contributed by atoms with Gasteiger partial charge in [0.05, 0.1) is 6.54 Å². The van der Waals surface area contributed by atoms with Gasteiger partial charge in [0.25, 0.3) is 0 Å². The van der Waals surface area contributed by atoms with Crippen LogP contribution in [-0.2, 0) is 0 Å². The average Bonchev–Trinajstić information content (AvgIpc) is 2.05. The molecule has 1 heterocycles. The van der Waals surface area contributed by atoms with Gasteiger partial charge in [-0.1, -0.05) is 0 Å². The molecule has 0 radical (unpaired) electrons. The molecule has 0 bridgehead atoms. The molecule has 1 aromatic heterocycles. The lowest BCUT2D eigenvalue weighted by Crippen LogP contribution is -2.18. The maximum absolute atomic E-state index is 11.3. The van der Waals surface area contributed by atoms with Crippen molar-refractivity contribution >= 4 is 21.7 Å². The van der Waals surface area contributed by atoms with Crippen molar-refractivity contribution in [2.45, 2.75) is 0 Å². The van der Waals surface area contributed by atoms with E-state index < -0.39 is 0 Å². The van der Waals surface area contributed by atoms with E-state index in [1.54, 1.807) is 25.5 Å². The lowest BCUT2D eigenvalue weighted by molar-refractivity contribution is 0.0993. The molecule has 0 fully saturated rings. The molecular weight excluding hydrogens is 220 g/mol. The summed E-state index contributed by atoms with van der Waals surface area (Å²) < 4.78 is 0.741. The van der Waals surface area contributed by atoms with Crippen molar-refractivity contribution in [1.82, 2.24) is 10.3 Å². The van der Waals surface area contributed by atoms with E-state index in [-0.39, 0.29) is 5.78 Å². The van der Waals surface area contributed by atoms with Crippen molar-refractivity contribution in [2.24, 2.45) is 0 Å². The third-order valence-corrected chi connectivity index (χ3v) is 2.04. The van der Waals surface area contributed by atoms with Gasteiger partial charge in [-0.05, 0) is 29.0 Å². The van der Waals surface area contributed by atoms with Gasteiger partial charge in [-0.2, -0.15) is 0 Å². The van der Waals surface area contributed by atoms with Gasteiger partial charge in [-0.15, -0.1) is 0 Å². The predicted molar refractivity (Wildman–Crippen MR) is 50.2 cm³/mol. The first-order valence-electron chi connectivity index (χ1n) is 3.53. The Morgan fingerprint density at radius 3 is 3.08 bits per heavy atom. The summed E-state index contributed by atoms with van der Waals surface area (Å²) in [5, 5.41) is 2.80. The SMILES string of the molecule is CNCC(=O)c1ccncc1Br. The second-order valence-corrected chi connectivity index (χ2v) is 3.16. The molecule has 0 aliphatic carbocycles. The smallest absolute Gasteiger partial charge is 0.177 e. The molecule has 0 saturated heterocycles. The van der Waals surface area contributed by atoms with Gasteiger partial charge in [0.15, 0.2) is 5.78 Å². The highest BCUT2D eigenvalue weighted by atomic mass is 79.9. The summed E-state index contributed by atoms with van der Waals surface area (Å²) in [5.74, 6) is 0.0618. The summed E-state index contributed by atoms with van der Waals surface area (Å²) in [4.78, 5) is 15.2. The van der Waals surface area contributed by atoms with Gasteiger partial charge in [-0.3, -0.25) is 9.78 Å². The summed E-state index contributed by atoms with van der Waals surface area (Å²) in [6.07, 6.45) is 3.22. The molecule has 64 valence electrons. The van der Waals surface area contributed by atoms with E-state index >= 15 is 0 Å². The highest BCUT2D eigenvalue weighted by Gasteiger charge is 2.07. The van der Waals surface area contributed by atoms with Gasteiger partial charge < -0.3 is 5.32 Å². The van der Waals surface area contributed by atoms with E-state index in [4.69, 9.17) is 0 Å². The van der Waals surface area contributed by atoms with Crippen LogP contribution in [-0.4, -0.2) is 24.4 Å². The van der Waals surface area contributed by atoms with Crippen LogP contribution in [0.5, 0.6) is 0 Å². The Bertz CT molecular complexity index is 288. The minimum Gasteiger partial charge on any atom is -0.313 e. The number of hydrogen-bond acceptors (Lipinski definition) is 3. The minimum absolute atomic E-state index is 0.0618. The van der Waals surface area contributed by atoms with Crippen LogP contribution in [0, 0.1) is 0 Å². The van der Waals surface area contributed by atoms with Crippen molar-refractivity contribution in [2.75, 3.05) is 13.6 Å². The molecule has 0 unspecified atom stereocenters. The fourth-order valence-electron chi connectivity index (χ4n) is 0.857. The second kappa shape index (κ2) is 4.33. The zero-order valence-corrected chi connectivity index (χ0v) is 8.26. The average molecular weight is 229 g/mol. The Morgan fingerprint density at radius 1 is 1.75 bits per heavy atom. The van der Waals surface area contributed by atoms with E-state index in [1.165, 1.54) is 0 Å². The summed E-state index contributed by atoms with van der Waals surface area (Å²) in [6.45, 7) is 0.350. The molecule has 0 amide bonds. The van der Waals surface area contributed by atoms with Gasteiger partial charge in [0, 0.05) is 22.4 Å². The molecule has 0 spiro atoms. The van der Waals surface area contributed by atoms with Crippen LogP contribution in [0.25, 0.3) is 0 Å². The Morgan fingerprint density at radius 2 is 2.50 bits per heavy atom. The standard InChI is InChI=1S/C8H9BrN2O/c1-10-5-8(12)6-2-3-11-4-7(6)9/h2-4,10H,5H2,1H3. The number of pyridine rings is 1. The number of carbonyl (C=O) groups excluding carboxylic acids is 1. The predicted octanol–water partition coefficient (Wildman–Crippen LogP) is 1.25. The number of ketones is 1. The maximum Gasteiger partial charge on any atom is 0.177 e. The third kappa shape index (κ3) is 2.12. The monoisotopic (exact) mass is 228 g/mol. The van der Waals surface area contributed by atoms with Crippen LogP contribution in [0.1, 0.15) is 10.4 Å². The molecular formula is C8H9BrN2O. The highest BCUT2D eigenvalue weighted by molar-refractivity contribution is 9.10. The molecule has 1 aromatic rings. The van der Waals surface area contributed by atoms with Crippen LogP contribution in [0.2, 0.25) is 0 Å². The molecule has 0 aliphatic rings. The number of hydrogen-bond donors (Lipinski definition) is 1. The molecule has 1 N–H and O–H groups in total. The summed E-state index contributed by atoms with van der Waals surface area (Å²) in [7, 11) is 1.74. The number of halogens is 1. The third-order valence-electron chi connectivity index (χ3n) is 1.41. The number of likely N-dealkylation sites (N-methyl/N-ethyl adjacent to an activating group) is 1. The molecule has 0 saturated carbocycles. The number of Topliss-reactive ketones (excluding diaryl/α,β-unsaturated/α-hetero) is 1. The fourth-order valence-corrected chi connectivity index (χ4v) is 1.33. The second-order valence-electron chi connectivity index (χ2n) is 2.31. The van der Waals surface area contributed by atoms with E-state index in [9.17, 15) is 4.79 Å². The van der Waals surface area contributed by atoms with Crippen molar-refractivity contribution < 1.29 is 4.79 Å². The van der Waals surface area contributed by atoms with Crippen molar-refractivity contribution in [3.05, 3.63) is 28.5 Å². The first-order chi connectivity index (χ1) is 5.75. The van der Waals surface area contributed by atoms with Crippen molar-refractivity contribution in [3.63, 3.8) is 0 Å². The van der Waals surface area contributed by atoms with Crippen molar-refractivity contribution in [3.8, 4) is 0 Å². The Kier molecular flexibility index (Phi) is 3.37. The lowest BCUT2D eigenvalue weighted by Gasteiger charge is -2.00. The van der Waals surface area contributed by atoms with Gasteiger partial charge in [0.1, 0.15) is 0 Å². The van der Waals surface area contributed by atoms with E-state index in [0.29, 0.717) is 12.1 Å². The molecule has 12 heavy (non-hydrogen) atoms. The zero-order valence-electron chi connectivity index (χ0n) is 6.67. The first-order valence-corrected chi connectivity index (χ1v) is 4.32. The largest absolute Gasteiger partial charge is 0.313 e. The minimum atomic E-state index is 0.0618. The molecule has 4 heteroatoms. The molecule has 0 aromatic carbocycles. The number of nitrogens with zero attached hydrogens (tertiary/aromatic N) is 1. The Balaban J connectivity index is 2.87. The van der Waals surface area contributed by atoms with E-state index in [2.05, 4.69) is 26.2 Å². The quantitative estimate of drug-likeness (QED) is 0.793. The zero-order chi connectivity index (χ0) is 8.97. The lowest BCUT2D eigenvalue weighted by atomic mass is 10.2. The number of carbonyl (C=O) groups is 1. The van der Waals surface area contributed by atoms with Crippen LogP contribution in [0.15, 0.2) is 22.9 Å². The van der Waals surface area contributed by atoms with Crippen LogP contribution in [0.4, 0.5) is 0 Å². The Labute approximate surface area is 79.3 Å². The summed E-state index contributed by atoms with van der Waals surface area (Å²) >= 11 is 3.26. The molecule has 0 atom stereocenters. The van der Waals surface area contributed by atoms with Crippen LogP contribution < -0.4 is 5.32 Å². The Hall–Kier alpha value is -0.740. The van der Waals surface area contributed by atoms with E-state index in [0.717, 1.165) is 4.47 Å². The van der Waals surface area contributed by atoms with E-state index in [1.807, 2.05) is 0 Å². The highest BCUT2D eigenvalue weighted by Crippen LogP contribution is 2.14. The number of nitrogens with one attached hydrogen (secondary N) is 1. The number of aromatic nitrogens is 1. The molecule has 1 rings (SSSR count). The van der Waals surface area contributed by atoms with Crippen LogP contribution in [0.3, 0.4) is 0 Å². The topological polar surface area (TPSA) is 42.0 Å². The maximum atomic E-state index is 11.3. The van der Waals surface area contributed by atoms with Crippen molar-refractivity contribution in [1.29, 1.82) is 0 Å². The molecule has 0 aliphatic heterocycles. The fraction of sp³-hybridized carbons (Fsp3) is 0.250. The van der Waals surface area contributed by atoms with Crippen LogP contribution >= 0.6 is 15.9 Å².